The first-order chi connectivity index (χ1) is 18.4. The smallest absolute Gasteiger partial charge is 0.0788 e. The highest BCUT2D eigenvalue weighted by atomic mass is 32.1. The van der Waals surface area contributed by atoms with Crippen LogP contribution in [0.25, 0.3) is 75.0 Å². The lowest BCUT2D eigenvalue weighted by atomic mass is 9.91. The van der Waals surface area contributed by atoms with E-state index in [1.165, 1.54) is 47.3 Å². The average Bonchev–Trinajstić information content (AvgIpc) is 3.36. The van der Waals surface area contributed by atoms with E-state index >= 15 is 0 Å². The first-order valence-corrected chi connectivity index (χ1v) is 13.2. The Balaban J connectivity index is 1.66. The van der Waals surface area contributed by atoms with E-state index in [9.17, 15) is 0 Å². The number of hydrogen-bond acceptors (Lipinski definition) is 3. The highest BCUT2D eigenvalue weighted by Gasteiger charge is 2.20. The normalized spacial score (nSPS) is 11.8. The monoisotopic (exact) mass is 488 g/mol. The molecular formula is C34H20N2S. The van der Waals surface area contributed by atoms with E-state index < -0.39 is 0 Å². The molecule has 0 bridgehead atoms. The minimum Gasteiger partial charge on any atom is -0.263 e. The minimum atomic E-state index is 1.01. The number of thiophene rings is 1. The van der Waals surface area contributed by atoms with Crippen LogP contribution in [-0.4, -0.2) is 9.97 Å². The van der Waals surface area contributed by atoms with Crippen LogP contribution in [0.4, 0.5) is 0 Å². The van der Waals surface area contributed by atoms with Gasteiger partial charge in [-0.3, -0.25) is 4.98 Å². The summed E-state index contributed by atoms with van der Waals surface area (Å²) in [6.45, 7) is 0. The topological polar surface area (TPSA) is 25.8 Å². The Morgan fingerprint density at radius 3 is 2.16 bits per heavy atom. The summed E-state index contributed by atoms with van der Waals surface area (Å²) in [6.07, 6.45) is 3.97. The van der Waals surface area contributed by atoms with E-state index in [1.54, 1.807) is 0 Å². The molecule has 3 aromatic heterocycles. The molecule has 0 unspecified atom stereocenters. The van der Waals surface area contributed by atoms with Gasteiger partial charge in [0, 0.05) is 70.8 Å². The maximum atomic E-state index is 5.23. The fraction of sp³-hybridized carbons (Fsp3) is 0. The summed E-state index contributed by atoms with van der Waals surface area (Å²) in [5.41, 5.74) is 5.52. The van der Waals surface area contributed by atoms with E-state index in [0.29, 0.717) is 0 Å². The summed E-state index contributed by atoms with van der Waals surface area (Å²) in [5, 5.41) is 8.58. The summed E-state index contributed by atoms with van der Waals surface area (Å²) in [6, 6.07) is 38.8. The van der Waals surface area contributed by atoms with E-state index in [2.05, 4.69) is 114 Å². The molecule has 0 radical (unpaired) electrons. The van der Waals surface area contributed by atoms with Crippen LogP contribution in [0.2, 0.25) is 0 Å². The third-order valence-corrected chi connectivity index (χ3v) is 8.52. The number of para-hydroxylation sites is 1. The number of pyridine rings is 2. The second kappa shape index (κ2) is 7.95. The van der Waals surface area contributed by atoms with Crippen molar-refractivity contribution < 1.29 is 0 Å². The number of fused-ring (bicyclic) bond motifs is 8. The highest BCUT2D eigenvalue weighted by molar-refractivity contribution is 7.26. The van der Waals surface area contributed by atoms with Gasteiger partial charge in [0.2, 0.25) is 0 Å². The molecule has 0 aliphatic rings. The fourth-order valence-corrected chi connectivity index (χ4v) is 6.92. The van der Waals surface area contributed by atoms with Gasteiger partial charge in [-0.25, -0.2) is 4.98 Å². The molecule has 8 aromatic rings. The van der Waals surface area contributed by atoms with Crippen LogP contribution in [0.1, 0.15) is 0 Å². The van der Waals surface area contributed by atoms with Gasteiger partial charge in [0.15, 0.2) is 0 Å². The van der Waals surface area contributed by atoms with Gasteiger partial charge in [-0.1, -0.05) is 91.0 Å². The Bertz CT molecular complexity index is 2140. The van der Waals surface area contributed by atoms with Gasteiger partial charge in [-0.15, -0.1) is 11.3 Å². The molecule has 0 saturated heterocycles. The molecule has 172 valence electrons. The minimum absolute atomic E-state index is 1.01. The standard InChI is InChI=1S/C34H20N2S/c1-2-10-21(11-3-1)33-27-18-26(28-20-35-19-22-12-4-5-13-23(22)28)34-32(25-15-7-9-17-30(25)37-34)31(27)24-14-6-8-16-29(24)36-33/h1-20H. The first-order valence-electron chi connectivity index (χ1n) is 12.4. The van der Waals surface area contributed by atoms with Crippen LogP contribution in [0.3, 0.4) is 0 Å². The molecule has 3 heterocycles. The van der Waals surface area contributed by atoms with Crippen LogP contribution < -0.4 is 0 Å². The Morgan fingerprint density at radius 1 is 0.541 bits per heavy atom. The van der Waals surface area contributed by atoms with Crippen LogP contribution >= 0.6 is 11.3 Å². The quantitative estimate of drug-likeness (QED) is 0.226. The zero-order chi connectivity index (χ0) is 24.3. The highest BCUT2D eigenvalue weighted by Crippen LogP contribution is 2.48. The zero-order valence-electron chi connectivity index (χ0n) is 19.8. The fourth-order valence-electron chi connectivity index (χ4n) is 5.68. The third kappa shape index (κ3) is 3.05. The summed E-state index contributed by atoms with van der Waals surface area (Å²) in [7, 11) is 0. The lowest BCUT2D eigenvalue weighted by molar-refractivity contribution is 1.36. The van der Waals surface area contributed by atoms with Gasteiger partial charge >= 0.3 is 0 Å². The summed E-state index contributed by atoms with van der Waals surface area (Å²) >= 11 is 1.87. The van der Waals surface area contributed by atoms with Crippen LogP contribution in [0.5, 0.6) is 0 Å². The van der Waals surface area contributed by atoms with Gasteiger partial charge in [-0.05, 0) is 23.6 Å². The van der Waals surface area contributed by atoms with Gasteiger partial charge in [-0.2, -0.15) is 0 Å². The van der Waals surface area contributed by atoms with E-state index in [1.807, 2.05) is 23.7 Å². The maximum Gasteiger partial charge on any atom is 0.0788 e. The molecule has 0 aliphatic heterocycles. The summed E-state index contributed by atoms with van der Waals surface area (Å²) < 4.78 is 2.59. The Kier molecular flexibility index (Phi) is 4.42. The molecule has 0 atom stereocenters. The molecule has 0 fully saturated rings. The summed E-state index contributed by atoms with van der Waals surface area (Å²) in [5.74, 6) is 0. The SMILES string of the molecule is c1ccc(-c2nc3ccccc3c3c2cc(-c2cncc4ccccc24)c2sc4ccccc4c23)cc1. The van der Waals surface area contributed by atoms with Crippen molar-refractivity contribution in [3.8, 4) is 22.4 Å². The first kappa shape index (κ1) is 20.6. The maximum absolute atomic E-state index is 5.23. The van der Waals surface area contributed by atoms with Crippen LogP contribution in [0, 0.1) is 0 Å². The predicted octanol–water partition coefficient (Wildman–Crippen LogP) is 9.64. The number of benzene rings is 5. The van der Waals surface area contributed by atoms with Crippen molar-refractivity contribution >= 4 is 64.0 Å². The van der Waals surface area contributed by atoms with Crippen LogP contribution in [-0.2, 0) is 0 Å². The van der Waals surface area contributed by atoms with Crippen molar-refractivity contribution in [1.29, 1.82) is 0 Å². The molecule has 0 amide bonds. The van der Waals surface area contributed by atoms with Crippen LogP contribution in [0.15, 0.2) is 122 Å². The number of hydrogen-bond donors (Lipinski definition) is 0. The predicted molar refractivity (Wildman–Crippen MR) is 158 cm³/mol. The molecule has 0 spiro atoms. The average molecular weight is 489 g/mol. The van der Waals surface area contributed by atoms with E-state index in [-0.39, 0.29) is 0 Å². The molecule has 8 rings (SSSR count). The molecular weight excluding hydrogens is 468 g/mol. The van der Waals surface area contributed by atoms with Crippen molar-refractivity contribution in [2.24, 2.45) is 0 Å². The second-order valence-electron chi connectivity index (χ2n) is 9.40. The van der Waals surface area contributed by atoms with Gasteiger partial charge in [0.25, 0.3) is 0 Å². The molecule has 0 saturated carbocycles. The van der Waals surface area contributed by atoms with E-state index in [0.717, 1.165) is 27.7 Å². The molecule has 2 nitrogen and oxygen atoms in total. The Hall–Kier alpha value is -4.60. The molecule has 0 aliphatic carbocycles. The van der Waals surface area contributed by atoms with E-state index in [4.69, 9.17) is 4.98 Å². The van der Waals surface area contributed by atoms with Crippen molar-refractivity contribution in [1.82, 2.24) is 9.97 Å². The van der Waals surface area contributed by atoms with Gasteiger partial charge in [0.1, 0.15) is 0 Å². The zero-order valence-corrected chi connectivity index (χ0v) is 20.7. The summed E-state index contributed by atoms with van der Waals surface area (Å²) in [4.78, 5) is 9.88. The molecule has 0 N–H and O–H groups in total. The Labute approximate surface area is 217 Å². The lowest BCUT2D eigenvalue weighted by Gasteiger charge is -2.15. The van der Waals surface area contributed by atoms with Gasteiger partial charge in [0.05, 0.1) is 11.2 Å². The number of rotatable bonds is 2. The largest absolute Gasteiger partial charge is 0.263 e. The lowest BCUT2D eigenvalue weighted by Crippen LogP contribution is -1.92. The Morgan fingerprint density at radius 2 is 1.27 bits per heavy atom. The number of nitrogens with zero attached hydrogens (tertiary/aromatic N) is 2. The molecule has 37 heavy (non-hydrogen) atoms. The van der Waals surface area contributed by atoms with Crippen molar-refractivity contribution in [3.05, 3.63) is 122 Å². The van der Waals surface area contributed by atoms with Crippen molar-refractivity contribution in [2.45, 2.75) is 0 Å². The second-order valence-corrected chi connectivity index (χ2v) is 10.5. The van der Waals surface area contributed by atoms with Gasteiger partial charge < -0.3 is 0 Å². The molecule has 5 aromatic carbocycles. The van der Waals surface area contributed by atoms with Crippen molar-refractivity contribution in [2.75, 3.05) is 0 Å². The third-order valence-electron chi connectivity index (χ3n) is 7.31. The molecule has 3 heteroatoms. The number of aromatic nitrogens is 2. The van der Waals surface area contributed by atoms with Crippen molar-refractivity contribution in [3.63, 3.8) is 0 Å².